The first-order valence-electron chi connectivity index (χ1n) is 6.91. The Labute approximate surface area is 138 Å². The van der Waals surface area contributed by atoms with Gasteiger partial charge in [-0.15, -0.1) is 0 Å². The average Bonchev–Trinajstić information content (AvgIpc) is 2.74. The first kappa shape index (κ1) is 16.5. The predicted molar refractivity (Wildman–Crippen MR) is 90.3 cm³/mol. The number of nitrogens with two attached hydrogens (primary N) is 1. The standard InChI is InChI=1S/C15H20BrClN4/c1-4-21-14(15(17)10(3)20-21)8-13(19-18)12-7-11(16)6-5-9(12)2/h5-7,13,19H,4,8,18H2,1-3H3. The molecule has 0 radical (unpaired) electrons. The van der Waals surface area contributed by atoms with Gasteiger partial charge in [0.05, 0.1) is 22.5 Å². The molecule has 0 spiro atoms. The molecule has 1 aromatic heterocycles. The molecule has 1 heterocycles. The molecule has 0 aliphatic rings. The minimum absolute atomic E-state index is 0.0126. The van der Waals surface area contributed by atoms with Crippen molar-refractivity contribution in [3.8, 4) is 0 Å². The smallest absolute Gasteiger partial charge is 0.0847 e. The van der Waals surface area contributed by atoms with E-state index in [1.807, 2.05) is 17.7 Å². The lowest BCUT2D eigenvalue weighted by molar-refractivity contribution is 0.515. The zero-order valence-electron chi connectivity index (χ0n) is 12.5. The molecule has 0 aliphatic carbocycles. The van der Waals surface area contributed by atoms with Gasteiger partial charge in [-0.3, -0.25) is 16.0 Å². The summed E-state index contributed by atoms with van der Waals surface area (Å²) in [4.78, 5) is 0. The Hall–Kier alpha value is -0.880. The molecular weight excluding hydrogens is 352 g/mol. The van der Waals surface area contributed by atoms with Crippen LogP contribution in [-0.2, 0) is 13.0 Å². The van der Waals surface area contributed by atoms with E-state index in [-0.39, 0.29) is 6.04 Å². The third-order valence-electron chi connectivity index (χ3n) is 3.67. The summed E-state index contributed by atoms with van der Waals surface area (Å²) >= 11 is 9.90. The molecule has 114 valence electrons. The molecule has 0 saturated carbocycles. The highest BCUT2D eigenvalue weighted by atomic mass is 79.9. The maximum Gasteiger partial charge on any atom is 0.0847 e. The molecule has 2 aromatic rings. The molecule has 0 amide bonds. The number of aryl methyl sites for hydroxylation is 3. The molecule has 0 saturated heterocycles. The number of hydrogen-bond donors (Lipinski definition) is 2. The molecule has 1 atom stereocenters. The summed E-state index contributed by atoms with van der Waals surface area (Å²) in [6.45, 7) is 6.85. The van der Waals surface area contributed by atoms with Gasteiger partial charge >= 0.3 is 0 Å². The first-order valence-corrected chi connectivity index (χ1v) is 8.09. The van der Waals surface area contributed by atoms with Crippen LogP contribution in [0.5, 0.6) is 0 Å². The molecule has 2 rings (SSSR count). The fourth-order valence-corrected chi connectivity index (χ4v) is 3.09. The fourth-order valence-electron chi connectivity index (χ4n) is 2.50. The van der Waals surface area contributed by atoms with Gasteiger partial charge in [-0.1, -0.05) is 33.6 Å². The summed E-state index contributed by atoms with van der Waals surface area (Å²) in [7, 11) is 0. The molecule has 0 fully saturated rings. The summed E-state index contributed by atoms with van der Waals surface area (Å²) in [6.07, 6.45) is 0.696. The largest absolute Gasteiger partial charge is 0.271 e. The summed E-state index contributed by atoms with van der Waals surface area (Å²) in [6, 6.07) is 6.18. The van der Waals surface area contributed by atoms with Crippen molar-refractivity contribution in [2.24, 2.45) is 5.84 Å². The Morgan fingerprint density at radius 1 is 1.43 bits per heavy atom. The van der Waals surface area contributed by atoms with Gasteiger partial charge in [0.25, 0.3) is 0 Å². The van der Waals surface area contributed by atoms with Crippen LogP contribution in [0.25, 0.3) is 0 Å². The van der Waals surface area contributed by atoms with Crippen LogP contribution in [0, 0.1) is 13.8 Å². The van der Waals surface area contributed by atoms with Crippen LogP contribution in [0.1, 0.15) is 35.5 Å². The fraction of sp³-hybridized carbons (Fsp3) is 0.400. The zero-order chi connectivity index (χ0) is 15.6. The van der Waals surface area contributed by atoms with Gasteiger partial charge in [-0.25, -0.2) is 0 Å². The monoisotopic (exact) mass is 370 g/mol. The topological polar surface area (TPSA) is 55.9 Å². The highest BCUT2D eigenvalue weighted by molar-refractivity contribution is 9.10. The van der Waals surface area contributed by atoms with Gasteiger partial charge in [-0.05, 0) is 44.0 Å². The molecule has 0 bridgehead atoms. The summed E-state index contributed by atoms with van der Waals surface area (Å²) in [5.74, 6) is 5.78. The van der Waals surface area contributed by atoms with Gasteiger partial charge in [0.2, 0.25) is 0 Å². The Morgan fingerprint density at radius 2 is 2.14 bits per heavy atom. The van der Waals surface area contributed by atoms with Crippen LogP contribution >= 0.6 is 27.5 Å². The normalized spacial score (nSPS) is 12.7. The molecule has 21 heavy (non-hydrogen) atoms. The van der Waals surface area contributed by atoms with E-state index in [9.17, 15) is 0 Å². The van der Waals surface area contributed by atoms with Crippen molar-refractivity contribution in [3.05, 3.63) is 50.2 Å². The lowest BCUT2D eigenvalue weighted by Gasteiger charge is -2.19. The number of halogens is 2. The van der Waals surface area contributed by atoms with Gasteiger partial charge in [-0.2, -0.15) is 5.10 Å². The molecule has 1 unspecified atom stereocenters. The van der Waals surface area contributed by atoms with Crippen molar-refractivity contribution in [2.45, 2.75) is 39.8 Å². The van der Waals surface area contributed by atoms with E-state index in [2.05, 4.69) is 52.4 Å². The van der Waals surface area contributed by atoms with Crippen LogP contribution in [0.2, 0.25) is 5.02 Å². The predicted octanol–water partition coefficient (Wildman–Crippen LogP) is 3.68. The van der Waals surface area contributed by atoms with Crippen LogP contribution in [0.4, 0.5) is 0 Å². The van der Waals surface area contributed by atoms with E-state index in [1.54, 1.807) is 0 Å². The van der Waals surface area contributed by atoms with Crippen LogP contribution < -0.4 is 11.3 Å². The van der Waals surface area contributed by atoms with E-state index in [4.69, 9.17) is 17.4 Å². The second-order valence-corrected chi connectivity index (χ2v) is 6.38. The SMILES string of the molecule is CCn1nc(C)c(Cl)c1CC(NN)c1cc(Br)ccc1C. The second kappa shape index (κ2) is 6.92. The lowest BCUT2D eigenvalue weighted by Crippen LogP contribution is -2.31. The van der Waals surface area contributed by atoms with Crippen molar-refractivity contribution < 1.29 is 0 Å². The maximum atomic E-state index is 6.39. The Morgan fingerprint density at radius 3 is 2.76 bits per heavy atom. The molecule has 1 aromatic carbocycles. The first-order chi connectivity index (χ1) is 9.97. The van der Waals surface area contributed by atoms with E-state index in [0.29, 0.717) is 6.42 Å². The van der Waals surface area contributed by atoms with Crippen LogP contribution in [-0.4, -0.2) is 9.78 Å². The zero-order valence-corrected chi connectivity index (χ0v) is 14.8. The number of rotatable bonds is 5. The summed E-state index contributed by atoms with van der Waals surface area (Å²) < 4.78 is 2.98. The van der Waals surface area contributed by atoms with E-state index in [1.165, 1.54) is 5.56 Å². The minimum Gasteiger partial charge on any atom is -0.271 e. The van der Waals surface area contributed by atoms with Crippen molar-refractivity contribution in [3.63, 3.8) is 0 Å². The number of hydrazine groups is 1. The third kappa shape index (κ3) is 3.48. The van der Waals surface area contributed by atoms with Crippen molar-refractivity contribution >= 4 is 27.5 Å². The van der Waals surface area contributed by atoms with Gasteiger partial charge in [0.1, 0.15) is 0 Å². The van der Waals surface area contributed by atoms with Crippen LogP contribution in [0.15, 0.2) is 22.7 Å². The Bertz CT molecular complexity index is 639. The lowest BCUT2D eigenvalue weighted by atomic mass is 9.98. The summed E-state index contributed by atoms with van der Waals surface area (Å²) in [5, 5.41) is 5.18. The molecule has 4 nitrogen and oxygen atoms in total. The van der Waals surface area contributed by atoms with E-state index < -0.39 is 0 Å². The van der Waals surface area contributed by atoms with Gasteiger partial charge in [0.15, 0.2) is 0 Å². The highest BCUT2D eigenvalue weighted by Gasteiger charge is 2.20. The van der Waals surface area contributed by atoms with Crippen molar-refractivity contribution in [1.82, 2.24) is 15.2 Å². The maximum absolute atomic E-state index is 6.39. The van der Waals surface area contributed by atoms with Gasteiger partial charge < -0.3 is 0 Å². The van der Waals surface area contributed by atoms with E-state index >= 15 is 0 Å². The van der Waals surface area contributed by atoms with E-state index in [0.717, 1.165) is 33.0 Å². The number of hydrogen-bond acceptors (Lipinski definition) is 3. The second-order valence-electron chi connectivity index (χ2n) is 5.09. The van der Waals surface area contributed by atoms with Gasteiger partial charge in [0, 0.05) is 17.4 Å². The summed E-state index contributed by atoms with van der Waals surface area (Å²) in [5.41, 5.74) is 7.12. The Kier molecular flexibility index (Phi) is 5.43. The number of nitrogens with zero attached hydrogens (tertiary/aromatic N) is 2. The van der Waals surface area contributed by atoms with Crippen LogP contribution in [0.3, 0.4) is 0 Å². The van der Waals surface area contributed by atoms with Crippen molar-refractivity contribution in [2.75, 3.05) is 0 Å². The number of nitrogens with one attached hydrogen (secondary N) is 1. The molecule has 6 heteroatoms. The minimum atomic E-state index is -0.0126. The van der Waals surface area contributed by atoms with Crippen molar-refractivity contribution in [1.29, 1.82) is 0 Å². The average molecular weight is 372 g/mol. The Balaban J connectivity index is 2.38. The number of benzene rings is 1. The quantitative estimate of drug-likeness (QED) is 0.622. The number of aromatic nitrogens is 2. The third-order valence-corrected chi connectivity index (χ3v) is 4.65. The highest BCUT2D eigenvalue weighted by Crippen LogP contribution is 2.28. The molecule has 0 aliphatic heterocycles. The molecular formula is C15H20BrClN4. The molecule has 3 N–H and O–H groups in total.